The summed E-state index contributed by atoms with van der Waals surface area (Å²) in [4.78, 5) is 2.44. The molecule has 0 amide bonds. The van der Waals surface area contributed by atoms with Crippen molar-refractivity contribution >= 4 is 33.2 Å². The summed E-state index contributed by atoms with van der Waals surface area (Å²) in [6.07, 6.45) is 2.26. The number of hydrogen-bond acceptors (Lipinski definition) is 2. The van der Waals surface area contributed by atoms with Gasteiger partial charge in [0.25, 0.3) is 0 Å². The molecule has 0 saturated carbocycles. The predicted molar refractivity (Wildman–Crippen MR) is 87.7 cm³/mol. The standard InChI is InChI=1S/C15H23BrClNO/c1-4-14(5-2)18(8-9-19-3)15-7-6-13(17)10-12(15)11-16/h6-7,10,14H,4-5,8-9,11H2,1-3H3. The fourth-order valence-corrected chi connectivity index (χ4v) is 3.00. The Labute approximate surface area is 130 Å². The highest BCUT2D eigenvalue weighted by Gasteiger charge is 2.18. The molecule has 0 aliphatic rings. The molecule has 4 heteroatoms. The molecule has 0 spiro atoms. The largest absolute Gasteiger partial charge is 0.383 e. The van der Waals surface area contributed by atoms with Gasteiger partial charge in [-0.25, -0.2) is 0 Å². The van der Waals surface area contributed by atoms with Crippen molar-refractivity contribution in [3.63, 3.8) is 0 Å². The molecule has 0 N–H and O–H groups in total. The van der Waals surface area contributed by atoms with Crippen LogP contribution >= 0.6 is 27.5 Å². The van der Waals surface area contributed by atoms with Crippen LogP contribution in [0.25, 0.3) is 0 Å². The smallest absolute Gasteiger partial charge is 0.0637 e. The maximum atomic E-state index is 6.09. The molecule has 0 bridgehead atoms. The lowest BCUT2D eigenvalue weighted by molar-refractivity contribution is 0.202. The van der Waals surface area contributed by atoms with E-state index < -0.39 is 0 Å². The Morgan fingerprint density at radius 1 is 1.32 bits per heavy atom. The molecule has 0 saturated heterocycles. The highest BCUT2D eigenvalue weighted by atomic mass is 79.9. The van der Waals surface area contributed by atoms with Crippen molar-refractivity contribution in [2.75, 3.05) is 25.2 Å². The SMILES string of the molecule is CCC(CC)N(CCOC)c1ccc(Cl)cc1CBr. The zero-order valence-electron chi connectivity index (χ0n) is 12.0. The average molecular weight is 349 g/mol. The fraction of sp³-hybridized carbons (Fsp3) is 0.600. The van der Waals surface area contributed by atoms with E-state index in [0.717, 1.165) is 36.3 Å². The normalized spacial score (nSPS) is 11.1. The van der Waals surface area contributed by atoms with Crippen molar-refractivity contribution in [2.24, 2.45) is 0 Å². The molecule has 0 aromatic heterocycles. The number of ether oxygens (including phenoxy) is 1. The Bertz CT molecular complexity index is 382. The van der Waals surface area contributed by atoms with Crippen LogP contribution in [0.3, 0.4) is 0 Å². The molecule has 0 atom stereocenters. The fourth-order valence-electron chi connectivity index (χ4n) is 2.36. The van der Waals surface area contributed by atoms with Crippen LogP contribution in [0, 0.1) is 0 Å². The highest BCUT2D eigenvalue weighted by Crippen LogP contribution is 2.29. The summed E-state index contributed by atoms with van der Waals surface area (Å²) in [7, 11) is 1.75. The summed E-state index contributed by atoms with van der Waals surface area (Å²) in [5, 5.41) is 1.60. The molecule has 0 aliphatic heterocycles. The van der Waals surface area contributed by atoms with Crippen molar-refractivity contribution in [1.82, 2.24) is 0 Å². The van der Waals surface area contributed by atoms with Crippen molar-refractivity contribution in [2.45, 2.75) is 38.1 Å². The molecule has 1 aromatic carbocycles. The summed E-state index contributed by atoms with van der Waals surface area (Å²) < 4.78 is 5.25. The molecule has 0 fully saturated rings. The molecule has 1 rings (SSSR count). The lowest BCUT2D eigenvalue weighted by Gasteiger charge is -2.34. The van der Waals surface area contributed by atoms with E-state index in [1.165, 1.54) is 11.3 Å². The number of rotatable bonds is 8. The van der Waals surface area contributed by atoms with E-state index in [2.05, 4.69) is 40.7 Å². The Hall–Kier alpha value is -0.250. The van der Waals surface area contributed by atoms with Crippen molar-refractivity contribution in [3.05, 3.63) is 28.8 Å². The van der Waals surface area contributed by atoms with Gasteiger partial charge in [-0.15, -0.1) is 0 Å². The molecule has 2 nitrogen and oxygen atoms in total. The average Bonchev–Trinajstić information content (AvgIpc) is 2.43. The van der Waals surface area contributed by atoms with Gasteiger partial charge in [-0.1, -0.05) is 41.4 Å². The van der Waals surface area contributed by atoms with Crippen LogP contribution in [-0.4, -0.2) is 26.3 Å². The molecule has 19 heavy (non-hydrogen) atoms. The topological polar surface area (TPSA) is 12.5 Å². The first-order valence-corrected chi connectivity index (χ1v) is 8.27. The second kappa shape index (κ2) is 8.83. The van der Waals surface area contributed by atoms with Crippen LogP contribution in [0.2, 0.25) is 5.02 Å². The van der Waals surface area contributed by atoms with Gasteiger partial charge in [-0.05, 0) is 36.6 Å². The first-order valence-electron chi connectivity index (χ1n) is 6.77. The van der Waals surface area contributed by atoms with E-state index in [1.54, 1.807) is 7.11 Å². The van der Waals surface area contributed by atoms with Crippen LogP contribution < -0.4 is 4.90 Å². The van der Waals surface area contributed by atoms with Crippen LogP contribution in [0.1, 0.15) is 32.3 Å². The molecular formula is C15H23BrClNO. The summed E-state index contributed by atoms with van der Waals surface area (Å²) in [6, 6.07) is 6.65. The third-order valence-electron chi connectivity index (χ3n) is 3.41. The number of nitrogens with zero attached hydrogens (tertiary/aromatic N) is 1. The van der Waals surface area contributed by atoms with Gasteiger partial charge in [0.05, 0.1) is 6.61 Å². The molecule has 108 valence electrons. The van der Waals surface area contributed by atoms with Gasteiger partial charge in [0.15, 0.2) is 0 Å². The van der Waals surface area contributed by atoms with Gasteiger partial charge in [0.1, 0.15) is 0 Å². The molecule has 1 aromatic rings. The summed E-state index contributed by atoms with van der Waals surface area (Å²) in [5.41, 5.74) is 2.49. The second-order valence-electron chi connectivity index (χ2n) is 4.56. The number of anilines is 1. The highest BCUT2D eigenvalue weighted by molar-refractivity contribution is 9.08. The van der Waals surface area contributed by atoms with Crippen LogP contribution in [-0.2, 0) is 10.1 Å². The Morgan fingerprint density at radius 3 is 2.53 bits per heavy atom. The van der Waals surface area contributed by atoms with Gasteiger partial charge >= 0.3 is 0 Å². The van der Waals surface area contributed by atoms with E-state index in [4.69, 9.17) is 16.3 Å². The minimum absolute atomic E-state index is 0.536. The van der Waals surface area contributed by atoms with E-state index in [0.29, 0.717) is 6.04 Å². The minimum Gasteiger partial charge on any atom is -0.383 e. The number of benzene rings is 1. The van der Waals surface area contributed by atoms with Gasteiger partial charge in [0.2, 0.25) is 0 Å². The van der Waals surface area contributed by atoms with Crippen LogP contribution in [0.4, 0.5) is 5.69 Å². The van der Waals surface area contributed by atoms with Crippen LogP contribution in [0.5, 0.6) is 0 Å². The van der Waals surface area contributed by atoms with Gasteiger partial charge in [-0.3, -0.25) is 0 Å². The summed E-state index contributed by atoms with van der Waals surface area (Å²) in [6.45, 7) is 6.11. The third-order valence-corrected chi connectivity index (χ3v) is 4.25. The monoisotopic (exact) mass is 347 g/mol. The number of hydrogen-bond donors (Lipinski definition) is 0. The predicted octanol–water partition coefficient (Wildman–Crippen LogP) is 4.88. The lowest BCUT2D eigenvalue weighted by atomic mass is 10.1. The van der Waals surface area contributed by atoms with Crippen LogP contribution in [0.15, 0.2) is 18.2 Å². The number of halogens is 2. The number of alkyl halides is 1. The summed E-state index contributed by atoms with van der Waals surface area (Å²) >= 11 is 9.64. The summed E-state index contributed by atoms with van der Waals surface area (Å²) in [5.74, 6) is 0. The number of methoxy groups -OCH3 is 1. The first kappa shape index (κ1) is 16.8. The Kier molecular flexibility index (Phi) is 7.81. The second-order valence-corrected chi connectivity index (χ2v) is 5.56. The molecule has 0 unspecified atom stereocenters. The zero-order valence-corrected chi connectivity index (χ0v) is 14.3. The maximum absolute atomic E-state index is 6.09. The van der Waals surface area contributed by atoms with E-state index in [-0.39, 0.29) is 0 Å². The Balaban J connectivity index is 3.08. The molecular weight excluding hydrogens is 326 g/mol. The quantitative estimate of drug-likeness (QED) is 0.621. The van der Waals surface area contributed by atoms with E-state index in [9.17, 15) is 0 Å². The van der Waals surface area contributed by atoms with Gasteiger partial charge < -0.3 is 9.64 Å². The van der Waals surface area contributed by atoms with Crippen molar-refractivity contribution in [1.29, 1.82) is 0 Å². The van der Waals surface area contributed by atoms with Gasteiger partial charge in [-0.2, -0.15) is 0 Å². The first-order chi connectivity index (χ1) is 9.17. The molecule has 0 aliphatic carbocycles. The van der Waals surface area contributed by atoms with Crippen molar-refractivity contribution < 1.29 is 4.74 Å². The zero-order chi connectivity index (χ0) is 14.3. The van der Waals surface area contributed by atoms with Crippen molar-refractivity contribution in [3.8, 4) is 0 Å². The third kappa shape index (κ3) is 4.66. The lowest BCUT2D eigenvalue weighted by Crippen LogP contribution is -2.37. The van der Waals surface area contributed by atoms with E-state index >= 15 is 0 Å². The minimum atomic E-state index is 0.536. The molecule has 0 radical (unpaired) electrons. The van der Waals surface area contributed by atoms with Gasteiger partial charge in [0, 0.05) is 35.7 Å². The maximum Gasteiger partial charge on any atom is 0.0637 e. The Morgan fingerprint density at radius 2 is 2.00 bits per heavy atom. The molecule has 0 heterocycles. The van der Waals surface area contributed by atoms with E-state index in [1.807, 2.05) is 12.1 Å².